The van der Waals surface area contributed by atoms with Crippen LogP contribution in [0.15, 0.2) is 9.85 Å². The van der Waals surface area contributed by atoms with Gasteiger partial charge in [0.15, 0.2) is 0 Å². The largest absolute Gasteiger partial charge is 0.337 e. The standard InChI is InChI=1S/C12H16BrNOS/c1-8-6-9(16-10(8)13)11(15)14-5-4-12(2,3)7-14/h6H,4-5,7H2,1-3H3. The molecule has 0 aromatic carbocycles. The van der Waals surface area contributed by atoms with E-state index >= 15 is 0 Å². The number of carbonyl (C=O) groups is 1. The van der Waals surface area contributed by atoms with Crippen molar-refractivity contribution in [2.24, 2.45) is 5.41 Å². The number of carbonyl (C=O) groups excluding carboxylic acids is 1. The second-order valence-corrected chi connectivity index (χ2v) is 7.58. The quantitative estimate of drug-likeness (QED) is 0.775. The van der Waals surface area contributed by atoms with E-state index in [1.807, 2.05) is 17.9 Å². The van der Waals surface area contributed by atoms with Crippen molar-refractivity contribution >= 4 is 33.2 Å². The van der Waals surface area contributed by atoms with Gasteiger partial charge in [0.2, 0.25) is 0 Å². The van der Waals surface area contributed by atoms with Crippen LogP contribution in [-0.2, 0) is 0 Å². The molecule has 0 aliphatic carbocycles. The summed E-state index contributed by atoms with van der Waals surface area (Å²) >= 11 is 5.00. The molecule has 0 bridgehead atoms. The summed E-state index contributed by atoms with van der Waals surface area (Å²) in [6, 6.07) is 1.97. The van der Waals surface area contributed by atoms with Gasteiger partial charge in [-0.3, -0.25) is 4.79 Å². The Morgan fingerprint density at radius 2 is 2.25 bits per heavy atom. The third kappa shape index (κ3) is 2.33. The molecular formula is C12H16BrNOS. The van der Waals surface area contributed by atoms with Crippen LogP contribution >= 0.6 is 27.3 Å². The highest BCUT2D eigenvalue weighted by molar-refractivity contribution is 9.11. The number of nitrogens with zero attached hydrogens (tertiary/aromatic N) is 1. The van der Waals surface area contributed by atoms with Gasteiger partial charge in [0.05, 0.1) is 8.66 Å². The molecule has 0 spiro atoms. The molecule has 4 heteroatoms. The first-order chi connectivity index (χ1) is 7.39. The fourth-order valence-corrected chi connectivity index (χ4v) is 3.51. The molecule has 1 saturated heterocycles. The number of amides is 1. The van der Waals surface area contributed by atoms with Gasteiger partial charge in [0.25, 0.3) is 5.91 Å². The van der Waals surface area contributed by atoms with E-state index in [0.717, 1.165) is 33.7 Å². The maximum Gasteiger partial charge on any atom is 0.263 e. The fraction of sp³-hybridized carbons (Fsp3) is 0.583. The molecule has 0 N–H and O–H groups in total. The third-order valence-electron chi connectivity index (χ3n) is 3.03. The summed E-state index contributed by atoms with van der Waals surface area (Å²) in [7, 11) is 0. The van der Waals surface area contributed by atoms with Crippen LogP contribution in [-0.4, -0.2) is 23.9 Å². The number of hydrogen-bond donors (Lipinski definition) is 0. The van der Waals surface area contributed by atoms with E-state index in [1.54, 1.807) is 0 Å². The number of aryl methyl sites for hydroxylation is 1. The summed E-state index contributed by atoms with van der Waals surface area (Å²) < 4.78 is 1.06. The molecule has 1 aromatic heterocycles. The Morgan fingerprint density at radius 3 is 2.69 bits per heavy atom. The molecular weight excluding hydrogens is 286 g/mol. The number of halogens is 1. The highest BCUT2D eigenvalue weighted by Crippen LogP contribution is 2.33. The molecule has 1 aliphatic rings. The smallest absolute Gasteiger partial charge is 0.263 e. The van der Waals surface area contributed by atoms with Crippen LogP contribution in [0.1, 0.15) is 35.5 Å². The van der Waals surface area contributed by atoms with Crippen molar-refractivity contribution in [2.75, 3.05) is 13.1 Å². The maximum absolute atomic E-state index is 12.2. The number of hydrogen-bond acceptors (Lipinski definition) is 2. The van der Waals surface area contributed by atoms with E-state index in [1.165, 1.54) is 11.3 Å². The van der Waals surface area contributed by atoms with Gasteiger partial charge in [-0.1, -0.05) is 13.8 Å². The second kappa shape index (κ2) is 4.15. The lowest BCUT2D eigenvalue weighted by atomic mass is 9.93. The molecule has 2 nitrogen and oxygen atoms in total. The highest BCUT2D eigenvalue weighted by Gasteiger charge is 2.32. The van der Waals surface area contributed by atoms with Crippen molar-refractivity contribution in [3.63, 3.8) is 0 Å². The Hall–Kier alpha value is -0.350. The van der Waals surface area contributed by atoms with Crippen LogP contribution in [0, 0.1) is 12.3 Å². The third-order valence-corrected chi connectivity index (χ3v) is 5.16. The predicted molar refractivity (Wildman–Crippen MR) is 71.1 cm³/mol. The van der Waals surface area contributed by atoms with Gasteiger partial charge in [-0.25, -0.2) is 0 Å². The van der Waals surface area contributed by atoms with Crippen LogP contribution in [0.3, 0.4) is 0 Å². The van der Waals surface area contributed by atoms with Gasteiger partial charge in [-0.05, 0) is 46.3 Å². The van der Waals surface area contributed by atoms with Crippen LogP contribution in [0.5, 0.6) is 0 Å². The predicted octanol–water partition coefficient (Wildman–Crippen LogP) is 3.69. The molecule has 1 fully saturated rings. The Kier molecular flexibility index (Phi) is 3.14. The van der Waals surface area contributed by atoms with E-state index in [0.29, 0.717) is 0 Å². The lowest BCUT2D eigenvalue weighted by Gasteiger charge is -2.19. The Morgan fingerprint density at radius 1 is 1.56 bits per heavy atom. The SMILES string of the molecule is Cc1cc(C(=O)N2CCC(C)(C)C2)sc1Br. The molecule has 2 rings (SSSR count). The minimum absolute atomic E-state index is 0.185. The lowest BCUT2D eigenvalue weighted by Crippen LogP contribution is -2.29. The van der Waals surface area contributed by atoms with Crippen LogP contribution in [0.4, 0.5) is 0 Å². The van der Waals surface area contributed by atoms with E-state index < -0.39 is 0 Å². The van der Waals surface area contributed by atoms with Crippen molar-refractivity contribution in [1.29, 1.82) is 0 Å². The minimum atomic E-state index is 0.185. The topological polar surface area (TPSA) is 20.3 Å². The first kappa shape index (κ1) is 12.1. The Labute approximate surface area is 109 Å². The molecule has 1 aromatic rings. The van der Waals surface area contributed by atoms with Crippen LogP contribution in [0.25, 0.3) is 0 Å². The number of likely N-dealkylation sites (tertiary alicyclic amines) is 1. The van der Waals surface area contributed by atoms with Gasteiger partial charge in [0, 0.05) is 13.1 Å². The summed E-state index contributed by atoms with van der Waals surface area (Å²) in [6.45, 7) is 8.22. The van der Waals surface area contributed by atoms with Gasteiger partial charge < -0.3 is 4.90 Å². The zero-order chi connectivity index (χ0) is 11.9. The average molecular weight is 302 g/mol. The average Bonchev–Trinajstić information content (AvgIpc) is 2.70. The molecule has 1 aliphatic heterocycles. The molecule has 0 saturated carbocycles. The van der Waals surface area contributed by atoms with Crippen molar-refractivity contribution < 1.29 is 4.79 Å². The van der Waals surface area contributed by atoms with Gasteiger partial charge >= 0.3 is 0 Å². The zero-order valence-corrected chi connectivity index (χ0v) is 12.2. The Balaban J connectivity index is 2.15. The molecule has 88 valence electrons. The van der Waals surface area contributed by atoms with E-state index in [9.17, 15) is 4.79 Å². The van der Waals surface area contributed by atoms with Gasteiger partial charge in [-0.2, -0.15) is 0 Å². The van der Waals surface area contributed by atoms with Crippen molar-refractivity contribution in [3.8, 4) is 0 Å². The molecule has 1 amide bonds. The molecule has 0 radical (unpaired) electrons. The first-order valence-corrected chi connectivity index (χ1v) is 7.05. The van der Waals surface area contributed by atoms with Gasteiger partial charge in [-0.15, -0.1) is 11.3 Å². The number of thiophene rings is 1. The molecule has 16 heavy (non-hydrogen) atoms. The first-order valence-electron chi connectivity index (χ1n) is 5.44. The fourth-order valence-electron chi connectivity index (χ4n) is 2.01. The molecule has 0 atom stereocenters. The van der Waals surface area contributed by atoms with Crippen molar-refractivity contribution in [3.05, 3.63) is 20.3 Å². The highest BCUT2D eigenvalue weighted by atomic mass is 79.9. The summed E-state index contributed by atoms with van der Waals surface area (Å²) in [4.78, 5) is 15.0. The molecule has 0 unspecified atom stereocenters. The molecule has 2 heterocycles. The van der Waals surface area contributed by atoms with Gasteiger partial charge in [0.1, 0.15) is 0 Å². The second-order valence-electron chi connectivity index (χ2n) is 5.21. The van der Waals surface area contributed by atoms with Crippen LogP contribution < -0.4 is 0 Å². The Bertz CT molecular complexity index is 405. The monoisotopic (exact) mass is 301 g/mol. The van der Waals surface area contributed by atoms with E-state index in [2.05, 4.69) is 29.8 Å². The lowest BCUT2D eigenvalue weighted by molar-refractivity contribution is 0.0783. The summed E-state index contributed by atoms with van der Waals surface area (Å²) in [5.74, 6) is 0.185. The zero-order valence-electron chi connectivity index (χ0n) is 9.84. The van der Waals surface area contributed by atoms with Crippen molar-refractivity contribution in [2.45, 2.75) is 27.2 Å². The summed E-state index contributed by atoms with van der Waals surface area (Å²) in [6.07, 6.45) is 1.10. The number of rotatable bonds is 1. The van der Waals surface area contributed by atoms with Crippen LogP contribution in [0.2, 0.25) is 0 Å². The summed E-state index contributed by atoms with van der Waals surface area (Å²) in [5.41, 5.74) is 1.42. The normalized spacial score (nSPS) is 19.1. The minimum Gasteiger partial charge on any atom is -0.337 e. The van der Waals surface area contributed by atoms with E-state index in [4.69, 9.17) is 0 Å². The van der Waals surface area contributed by atoms with Crippen molar-refractivity contribution in [1.82, 2.24) is 4.90 Å². The summed E-state index contributed by atoms with van der Waals surface area (Å²) in [5, 5.41) is 0. The van der Waals surface area contributed by atoms with E-state index in [-0.39, 0.29) is 11.3 Å². The maximum atomic E-state index is 12.2.